The van der Waals surface area contributed by atoms with Crippen molar-refractivity contribution in [2.24, 2.45) is 5.10 Å². The molecule has 28 heavy (non-hydrogen) atoms. The Hall–Kier alpha value is -3.08. The van der Waals surface area contributed by atoms with Gasteiger partial charge >= 0.3 is 6.61 Å². The van der Waals surface area contributed by atoms with Gasteiger partial charge in [0.05, 0.1) is 16.0 Å². The molecule has 0 aromatic heterocycles. The first kappa shape index (κ1) is 21.2. The summed E-state index contributed by atoms with van der Waals surface area (Å²) in [5, 5.41) is 14.6. The van der Waals surface area contributed by atoms with E-state index in [0.717, 1.165) is 6.07 Å². The molecule has 0 amide bonds. The number of nitrogens with zero attached hydrogens (tertiary/aromatic N) is 2. The fourth-order valence-corrected chi connectivity index (χ4v) is 3.32. The predicted molar refractivity (Wildman–Crippen MR) is 98.3 cm³/mol. The molecule has 0 aliphatic rings. The number of nitrogens with one attached hydrogen (secondary N) is 1. The van der Waals surface area contributed by atoms with Gasteiger partial charge in [-0.05, 0) is 55.7 Å². The summed E-state index contributed by atoms with van der Waals surface area (Å²) in [6.45, 7) is 1.67. The molecule has 11 heteroatoms. The molecule has 8 nitrogen and oxygen atoms in total. The van der Waals surface area contributed by atoms with Crippen LogP contribution < -0.4 is 9.57 Å². The van der Waals surface area contributed by atoms with E-state index in [0.29, 0.717) is 22.3 Å². The molecule has 1 N–H and O–H groups in total. The van der Waals surface area contributed by atoms with E-state index in [1.807, 2.05) is 4.83 Å². The molecule has 2 rings (SSSR count). The number of aryl methyl sites for hydroxylation is 3. The molecule has 0 unspecified atom stereocenters. The Kier molecular flexibility index (Phi) is 6.29. The lowest BCUT2D eigenvalue weighted by molar-refractivity contribution is -0.385. The molecule has 2 aromatic carbocycles. The molecule has 0 aliphatic carbocycles. The third-order valence-corrected chi connectivity index (χ3v) is 4.98. The zero-order valence-corrected chi connectivity index (χ0v) is 16.0. The standard InChI is InChI=1S/C17H17F2N3O5S/c1-10-4-5-14(8-15(10)22(23)24)28(25,26)21-20-9-13-6-11(2)16(12(3)7-13)27-17(18)19/h4-9,17,21H,1-3H3/b20-9-. The van der Waals surface area contributed by atoms with Crippen molar-refractivity contribution in [1.82, 2.24) is 4.83 Å². The summed E-state index contributed by atoms with van der Waals surface area (Å²) in [6, 6.07) is 6.49. The van der Waals surface area contributed by atoms with Crippen molar-refractivity contribution in [2.45, 2.75) is 32.3 Å². The second kappa shape index (κ2) is 8.30. The Bertz CT molecular complexity index is 1020. The average molecular weight is 413 g/mol. The highest BCUT2D eigenvalue weighted by molar-refractivity contribution is 7.89. The molecule has 0 spiro atoms. The van der Waals surface area contributed by atoms with E-state index in [1.54, 1.807) is 13.8 Å². The third kappa shape index (κ3) is 5.00. The maximum Gasteiger partial charge on any atom is 0.387 e. The number of benzene rings is 2. The molecule has 0 radical (unpaired) electrons. The fourth-order valence-electron chi connectivity index (χ4n) is 2.51. The number of hydrogen-bond acceptors (Lipinski definition) is 6. The van der Waals surface area contributed by atoms with Crippen molar-refractivity contribution in [2.75, 3.05) is 0 Å². The fraction of sp³-hybridized carbons (Fsp3) is 0.235. The molecule has 0 saturated carbocycles. The summed E-state index contributed by atoms with van der Waals surface area (Å²) in [4.78, 5) is 11.9. The minimum absolute atomic E-state index is 0.0414. The molecule has 150 valence electrons. The van der Waals surface area contributed by atoms with Gasteiger partial charge in [0, 0.05) is 11.6 Å². The Morgan fingerprint density at radius 3 is 2.29 bits per heavy atom. The van der Waals surface area contributed by atoms with E-state index in [1.165, 1.54) is 37.4 Å². The van der Waals surface area contributed by atoms with Gasteiger partial charge < -0.3 is 4.74 Å². The number of nitro benzene ring substituents is 1. The van der Waals surface area contributed by atoms with Gasteiger partial charge in [-0.1, -0.05) is 6.07 Å². The second-order valence-corrected chi connectivity index (χ2v) is 7.58. The quantitative estimate of drug-likeness (QED) is 0.425. The number of ether oxygens (including phenoxy) is 1. The average Bonchev–Trinajstić information content (AvgIpc) is 2.57. The van der Waals surface area contributed by atoms with E-state index in [9.17, 15) is 27.3 Å². The number of alkyl halides is 2. The third-order valence-electron chi connectivity index (χ3n) is 3.76. The highest BCUT2D eigenvalue weighted by Gasteiger charge is 2.19. The van der Waals surface area contributed by atoms with E-state index in [2.05, 4.69) is 9.84 Å². The smallest absolute Gasteiger partial charge is 0.387 e. The van der Waals surface area contributed by atoms with Crippen LogP contribution in [0.15, 0.2) is 40.3 Å². The monoisotopic (exact) mass is 413 g/mol. The van der Waals surface area contributed by atoms with Gasteiger partial charge in [0.1, 0.15) is 5.75 Å². The van der Waals surface area contributed by atoms with Crippen LogP contribution in [0.5, 0.6) is 5.75 Å². The Morgan fingerprint density at radius 2 is 1.75 bits per heavy atom. The maximum absolute atomic E-state index is 12.4. The van der Waals surface area contributed by atoms with E-state index in [4.69, 9.17) is 0 Å². The maximum atomic E-state index is 12.4. The molecule has 0 bridgehead atoms. The highest BCUT2D eigenvalue weighted by Crippen LogP contribution is 2.26. The van der Waals surface area contributed by atoms with Crippen LogP contribution in [0.3, 0.4) is 0 Å². The molecular weight excluding hydrogens is 396 g/mol. The Labute approximate surface area is 160 Å². The topological polar surface area (TPSA) is 111 Å². The molecule has 0 aliphatic heterocycles. The summed E-state index contributed by atoms with van der Waals surface area (Å²) in [7, 11) is -4.12. The van der Waals surface area contributed by atoms with Crippen LogP contribution in [0.1, 0.15) is 22.3 Å². The number of rotatable bonds is 7. The minimum Gasteiger partial charge on any atom is -0.434 e. The van der Waals surface area contributed by atoms with Crippen LogP contribution >= 0.6 is 0 Å². The van der Waals surface area contributed by atoms with Gasteiger partial charge in [-0.15, -0.1) is 0 Å². The Morgan fingerprint density at radius 1 is 1.14 bits per heavy atom. The van der Waals surface area contributed by atoms with Gasteiger partial charge in [-0.3, -0.25) is 10.1 Å². The van der Waals surface area contributed by atoms with Gasteiger partial charge in [0.15, 0.2) is 0 Å². The minimum atomic E-state index is -4.12. The van der Waals surface area contributed by atoms with Crippen LogP contribution in [0.25, 0.3) is 0 Å². The summed E-state index contributed by atoms with van der Waals surface area (Å²) in [6.07, 6.45) is 1.19. The van der Waals surface area contributed by atoms with Gasteiger partial charge in [-0.25, -0.2) is 4.83 Å². The lowest BCUT2D eigenvalue weighted by atomic mass is 10.1. The first-order valence-electron chi connectivity index (χ1n) is 7.87. The molecule has 0 heterocycles. The van der Waals surface area contributed by atoms with Crippen LogP contribution in [0, 0.1) is 30.9 Å². The highest BCUT2D eigenvalue weighted by atomic mass is 32.2. The summed E-state index contributed by atoms with van der Waals surface area (Å²) in [5.74, 6) is 0.0414. The zero-order chi connectivity index (χ0) is 21.1. The van der Waals surface area contributed by atoms with Crippen molar-refractivity contribution in [3.05, 3.63) is 62.7 Å². The number of halogens is 2. The van der Waals surface area contributed by atoms with Crippen molar-refractivity contribution in [3.8, 4) is 5.75 Å². The molecule has 0 atom stereocenters. The molecule has 0 saturated heterocycles. The van der Waals surface area contributed by atoms with Gasteiger partial charge in [-0.2, -0.15) is 22.3 Å². The molecular formula is C17H17F2N3O5S. The first-order valence-corrected chi connectivity index (χ1v) is 9.35. The number of sulfonamides is 1. The van der Waals surface area contributed by atoms with Crippen LogP contribution in [0.4, 0.5) is 14.5 Å². The summed E-state index contributed by atoms with van der Waals surface area (Å²) in [5.41, 5.74) is 1.31. The lowest BCUT2D eigenvalue weighted by Crippen LogP contribution is -2.18. The SMILES string of the molecule is Cc1ccc(S(=O)(=O)N/N=C\c2cc(C)c(OC(F)F)c(C)c2)cc1[N+](=O)[O-]. The lowest BCUT2D eigenvalue weighted by Gasteiger charge is -2.11. The van der Waals surface area contributed by atoms with Crippen molar-refractivity contribution in [1.29, 1.82) is 0 Å². The molecule has 2 aromatic rings. The Balaban J connectivity index is 2.22. The zero-order valence-electron chi connectivity index (χ0n) is 15.1. The van der Waals surface area contributed by atoms with Crippen LogP contribution in [-0.4, -0.2) is 26.2 Å². The van der Waals surface area contributed by atoms with Crippen molar-refractivity contribution < 1.29 is 26.9 Å². The first-order chi connectivity index (χ1) is 13.0. The normalized spacial score (nSPS) is 11.8. The number of nitro groups is 1. The van der Waals surface area contributed by atoms with Crippen LogP contribution in [-0.2, 0) is 10.0 Å². The van der Waals surface area contributed by atoms with E-state index < -0.39 is 21.6 Å². The summed E-state index contributed by atoms with van der Waals surface area (Å²) >= 11 is 0. The van der Waals surface area contributed by atoms with E-state index in [-0.39, 0.29) is 16.3 Å². The summed E-state index contributed by atoms with van der Waals surface area (Å²) < 4.78 is 53.8. The predicted octanol–water partition coefficient (Wildman–Crippen LogP) is 3.43. The van der Waals surface area contributed by atoms with Gasteiger partial charge in [0.2, 0.25) is 0 Å². The van der Waals surface area contributed by atoms with Gasteiger partial charge in [0.25, 0.3) is 15.7 Å². The van der Waals surface area contributed by atoms with E-state index >= 15 is 0 Å². The molecule has 0 fully saturated rings. The van der Waals surface area contributed by atoms with Crippen molar-refractivity contribution in [3.63, 3.8) is 0 Å². The second-order valence-electron chi connectivity index (χ2n) is 5.92. The van der Waals surface area contributed by atoms with Crippen LogP contribution in [0.2, 0.25) is 0 Å². The van der Waals surface area contributed by atoms with Crippen molar-refractivity contribution >= 4 is 21.9 Å². The number of hydrogen-bond donors (Lipinski definition) is 1. The number of hydrazone groups is 1. The largest absolute Gasteiger partial charge is 0.434 e.